The Balaban J connectivity index is 0.000000726. The Morgan fingerprint density at radius 3 is 1.53 bits per heavy atom. The molecule has 1 aromatic carbocycles. The van der Waals surface area contributed by atoms with Gasteiger partial charge in [0.05, 0.1) is 0 Å². The number of aliphatic hydroxyl groups is 1. The normalized spacial score (nSPS) is 11.1. The number of hydrogen-bond donors (Lipinski definition) is 1. The number of aryl methyl sites for hydroxylation is 1. The molecule has 0 bridgehead atoms. The molecule has 186 valence electrons. The van der Waals surface area contributed by atoms with Crippen molar-refractivity contribution in [2.24, 2.45) is 0 Å². The molecule has 0 unspecified atom stereocenters. The van der Waals surface area contributed by atoms with Crippen LogP contribution in [0.3, 0.4) is 0 Å². The van der Waals surface area contributed by atoms with Crippen molar-refractivity contribution in [1.29, 1.82) is 0 Å². The highest BCUT2D eigenvalue weighted by Crippen LogP contribution is 2.22. The maximum Gasteiger partial charge on any atom is 0.0431 e. The van der Waals surface area contributed by atoms with Crippen molar-refractivity contribution in [2.75, 3.05) is 6.61 Å². The van der Waals surface area contributed by atoms with Gasteiger partial charge in [-0.2, -0.15) is 0 Å². The number of allylic oxidation sites excluding steroid dienone is 2. The highest BCUT2D eigenvalue weighted by atomic mass is 127. The van der Waals surface area contributed by atoms with Gasteiger partial charge in [0, 0.05) is 10.2 Å². The molecule has 1 nitrogen and oxygen atoms in total. The Morgan fingerprint density at radius 2 is 1.06 bits per heavy atom. The second kappa shape index (κ2) is 22.4. The SMILES string of the molecule is CCCCCCCC/C=C/CCCCCCCCCCO.Cc1cc(I)c(C)c(C)c1C. The van der Waals surface area contributed by atoms with Gasteiger partial charge in [-0.15, -0.1) is 0 Å². The summed E-state index contributed by atoms with van der Waals surface area (Å²) in [5.41, 5.74) is 5.70. The van der Waals surface area contributed by atoms with Gasteiger partial charge in [0.15, 0.2) is 0 Å². The lowest BCUT2D eigenvalue weighted by Crippen LogP contribution is -1.93. The molecule has 1 aromatic rings. The first-order valence-corrected chi connectivity index (χ1v) is 14.5. The van der Waals surface area contributed by atoms with Crippen LogP contribution >= 0.6 is 22.6 Å². The van der Waals surface area contributed by atoms with Crippen LogP contribution in [0.15, 0.2) is 18.2 Å². The van der Waals surface area contributed by atoms with Gasteiger partial charge in [0.1, 0.15) is 0 Å². The summed E-state index contributed by atoms with van der Waals surface area (Å²) in [5, 5.41) is 8.69. The van der Waals surface area contributed by atoms with Crippen LogP contribution < -0.4 is 0 Å². The molecule has 0 saturated carbocycles. The molecular weight excluding hydrogens is 503 g/mol. The first kappa shape index (κ1) is 31.6. The lowest BCUT2D eigenvalue weighted by Gasteiger charge is -2.09. The summed E-state index contributed by atoms with van der Waals surface area (Å²) in [7, 11) is 0. The number of halogens is 1. The second-order valence-electron chi connectivity index (χ2n) is 9.42. The average molecular weight is 557 g/mol. The molecule has 0 saturated heterocycles. The van der Waals surface area contributed by atoms with Crippen LogP contribution in [0.2, 0.25) is 0 Å². The van der Waals surface area contributed by atoms with Crippen molar-refractivity contribution in [1.82, 2.24) is 0 Å². The molecular formula is C30H53IO. The van der Waals surface area contributed by atoms with Crippen LogP contribution in [-0.2, 0) is 0 Å². The number of aliphatic hydroxyl groups excluding tert-OH is 1. The van der Waals surface area contributed by atoms with Crippen LogP contribution in [0.25, 0.3) is 0 Å². The molecule has 1 N–H and O–H groups in total. The minimum absolute atomic E-state index is 0.366. The van der Waals surface area contributed by atoms with E-state index in [4.69, 9.17) is 5.11 Å². The van der Waals surface area contributed by atoms with Gasteiger partial charge in [0.25, 0.3) is 0 Å². The van der Waals surface area contributed by atoms with Crippen molar-refractivity contribution in [3.8, 4) is 0 Å². The minimum atomic E-state index is 0.366. The van der Waals surface area contributed by atoms with Crippen LogP contribution in [0.4, 0.5) is 0 Å². The zero-order valence-corrected chi connectivity index (χ0v) is 24.2. The standard InChI is InChI=1S/C20H40O.C10H13I/c1-2-3-4-5-6-7-8-9-10-11-12-13-14-15-16-17-18-19-20-21;1-6-5-10(11)9(4)8(3)7(6)2/h9-10,21H,2-8,11-20H2,1H3;5H,1-4H3/b10-9+;. The van der Waals surface area contributed by atoms with Gasteiger partial charge in [-0.05, 0) is 111 Å². The predicted molar refractivity (Wildman–Crippen MR) is 154 cm³/mol. The van der Waals surface area contributed by atoms with E-state index in [2.05, 4.69) is 75.4 Å². The van der Waals surface area contributed by atoms with Crippen LogP contribution in [0.1, 0.15) is 132 Å². The Morgan fingerprint density at radius 1 is 0.625 bits per heavy atom. The molecule has 0 aliphatic carbocycles. The maximum atomic E-state index is 8.69. The van der Waals surface area contributed by atoms with Crippen LogP contribution in [0.5, 0.6) is 0 Å². The Hall–Kier alpha value is -0.350. The molecule has 0 amide bonds. The average Bonchev–Trinajstić information content (AvgIpc) is 2.79. The first-order valence-electron chi connectivity index (χ1n) is 13.4. The third-order valence-electron chi connectivity index (χ3n) is 6.59. The topological polar surface area (TPSA) is 20.2 Å². The Bertz CT molecular complexity index is 565. The van der Waals surface area contributed by atoms with Crippen molar-refractivity contribution in [3.05, 3.63) is 44.0 Å². The van der Waals surface area contributed by atoms with Crippen LogP contribution in [0, 0.1) is 31.3 Å². The fourth-order valence-corrected chi connectivity index (χ4v) is 4.75. The molecule has 0 aromatic heterocycles. The zero-order chi connectivity index (χ0) is 24.0. The molecule has 0 spiro atoms. The molecule has 0 radical (unpaired) electrons. The lowest BCUT2D eigenvalue weighted by atomic mass is 10.0. The Kier molecular flexibility index (Phi) is 22.2. The van der Waals surface area contributed by atoms with Gasteiger partial charge in [-0.1, -0.05) is 89.7 Å². The van der Waals surface area contributed by atoms with E-state index >= 15 is 0 Å². The molecule has 0 fully saturated rings. The fourth-order valence-electron chi connectivity index (χ4n) is 3.88. The van der Waals surface area contributed by atoms with Gasteiger partial charge in [0.2, 0.25) is 0 Å². The van der Waals surface area contributed by atoms with E-state index in [1.54, 1.807) is 0 Å². The molecule has 32 heavy (non-hydrogen) atoms. The van der Waals surface area contributed by atoms with Crippen molar-refractivity contribution in [2.45, 2.75) is 137 Å². The van der Waals surface area contributed by atoms with Crippen molar-refractivity contribution < 1.29 is 5.11 Å². The van der Waals surface area contributed by atoms with Crippen molar-refractivity contribution in [3.63, 3.8) is 0 Å². The monoisotopic (exact) mass is 556 g/mol. The molecule has 1 rings (SSSR count). The van der Waals surface area contributed by atoms with Gasteiger partial charge < -0.3 is 5.11 Å². The third kappa shape index (κ3) is 17.2. The van der Waals surface area contributed by atoms with E-state index in [1.807, 2.05) is 0 Å². The quantitative estimate of drug-likeness (QED) is 0.115. The van der Waals surface area contributed by atoms with E-state index in [-0.39, 0.29) is 0 Å². The van der Waals surface area contributed by atoms with E-state index in [0.29, 0.717) is 6.61 Å². The van der Waals surface area contributed by atoms with E-state index in [9.17, 15) is 0 Å². The lowest BCUT2D eigenvalue weighted by molar-refractivity contribution is 0.282. The summed E-state index contributed by atoms with van der Waals surface area (Å²) < 4.78 is 1.38. The van der Waals surface area contributed by atoms with Gasteiger partial charge in [-0.3, -0.25) is 0 Å². The molecule has 0 aliphatic rings. The first-order chi connectivity index (χ1) is 15.5. The summed E-state index contributed by atoms with van der Waals surface area (Å²) >= 11 is 2.39. The summed E-state index contributed by atoms with van der Waals surface area (Å²) in [6.45, 7) is 11.4. The largest absolute Gasteiger partial charge is 0.396 e. The molecule has 0 heterocycles. The highest BCUT2D eigenvalue weighted by molar-refractivity contribution is 14.1. The minimum Gasteiger partial charge on any atom is -0.396 e. The zero-order valence-electron chi connectivity index (χ0n) is 22.1. The second-order valence-corrected chi connectivity index (χ2v) is 10.6. The predicted octanol–water partition coefficient (Wildman–Crippen LogP) is 10.3. The van der Waals surface area contributed by atoms with Crippen LogP contribution in [-0.4, -0.2) is 11.7 Å². The summed E-state index contributed by atoms with van der Waals surface area (Å²) in [5.74, 6) is 0. The maximum absolute atomic E-state index is 8.69. The summed E-state index contributed by atoms with van der Waals surface area (Å²) in [6, 6.07) is 2.25. The number of hydrogen-bond acceptors (Lipinski definition) is 1. The molecule has 0 atom stereocenters. The highest BCUT2D eigenvalue weighted by Gasteiger charge is 2.03. The fraction of sp³-hybridized carbons (Fsp3) is 0.733. The third-order valence-corrected chi connectivity index (χ3v) is 7.71. The number of rotatable bonds is 17. The Labute approximate surface area is 215 Å². The number of unbranched alkanes of at least 4 members (excludes halogenated alkanes) is 14. The smallest absolute Gasteiger partial charge is 0.0431 e. The van der Waals surface area contributed by atoms with E-state index < -0.39 is 0 Å². The molecule has 2 heteroatoms. The summed E-state index contributed by atoms with van der Waals surface area (Å²) in [6.07, 6.45) is 26.2. The van der Waals surface area contributed by atoms with Gasteiger partial charge in [-0.25, -0.2) is 0 Å². The van der Waals surface area contributed by atoms with Gasteiger partial charge >= 0.3 is 0 Å². The molecule has 0 aliphatic heterocycles. The summed E-state index contributed by atoms with van der Waals surface area (Å²) in [4.78, 5) is 0. The number of benzene rings is 1. The van der Waals surface area contributed by atoms with Crippen molar-refractivity contribution >= 4 is 22.6 Å². The van der Waals surface area contributed by atoms with E-state index in [0.717, 1.165) is 6.42 Å². The van der Waals surface area contributed by atoms with E-state index in [1.165, 1.54) is 122 Å².